The highest BCUT2D eigenvalue weighted by atomic mass is 16.3. The molecular weight excluding hydrogens is 264 g/mol. The number of phenolic OH excluding ortho intramolecular Hbond substituents is 1. The highest BCUT2D eigenvalue weighted by Crippen LogP contribution is 2.34. The van der Waals surface area contributed by atoms with Crippen LogP contribution in [0.2, 0.25) is 0 Å². The number of piperidine rings is 1. The zero-order chi connectivity index (χ0) is 15.6. The molecule has 1 aromatic carbocycles. The molecule has 21 heavy (non-hydrogen) atoms. The van der Waals surface area contributed by atoms with Crippen molar-refractivity contribution in [2.24, 2.45) is 11.3 Å². The van der Waals surface area contributed by atoms with Gasteiger partial charge in [-0.3, -0.25) is 4.79 Å². The van der Waals surface area contributed by atoms with Crippen LogP contribution >= 0.6 is 0 Å². The predicted octanol–water partition coefficient (Wildman–Crippen LogP) is 2.97. The number of aromatic hydroxyl groups is 1. The number of hydrogen-bond donors (Lipinski definition) is 3. The van der Waals surface area contributed by atoms with Gasteiger partial charge in [0.2, 0.25) is 5.91 Å². The molecule has 3 N–H and O–H groups in total. The van der Waals surface area contributed by atoms with Gasteiger partial charge in [-0.15, -0.1) is 0 Å². The molecule has 1 heterocycles. The summed E-state index contributed by atoms with van der Waals surface area (Å²) in [6.07, 6.45) is 2.19. The van der Waals surface area contributed by atoms with Crippen molar-refractivity contribution in [1.82, 2.24) is 5.32 Å². The zero-order valence-corrected chi connectivity index (χ0v) is 13.4. The summed E-state index contributed by atoms with van der Waals surface area (Å²) in [7, 11) is 0. The van der Waals surface area contributed by atoms with Gasteiger partial charge >= 0.3 is 0 Å². The molecule has 4 heteroatoms. The van der Waals surface area contributed by atoms with E-state index in [1.807, 2.05) is 39.8 Å². The molecule has 1 atom stereocenters. The maximum atomic E-state index is 12.7. The molecule has 1 aromatic rings. The van der Waals surface area contributed by atoms with Crippen LogP contribution in [-0.2, 0) is 4.79 Å². The van der Waals surface area contributed by atoms with Crippen molar-refractivity contribution < 1.29 is 9.90 Å². The van der Waals surface area contributed by atoms with Crippen molar-refractivity contribution in [3.8, 4) is 5.75 Å². The lowest BCUT2D eigenvalue weighted by Gasteiger charge is -2.36. The lowest BCUT2D eigenvalue weighted by molar-refractivity contribution is -0.127. The van der Waals surface area contributed by atoms with Crippen molar-refractivity contribution >= 4 is 11.6 Å². The van der Waals surface area contributed by atoms with Gasteiger partial charge in [0.05, 0.1) is 0 Å². The summed E-state index contributed by atoms with van der Waals surface area (Å²) in [6, 6.07) is 3.69. The first-order valence-electron chi connectivity index (χ1n) is 7.65. The summed E-state index contributed by atoms with van der Waals surface area (Å²) in [4.78, 5) is 12.7. The molecule has 116 valence electrons. The average molecular weight is 290 g/mol. The fourth-order valence-electron chi connectivity index (χ4n) is 2.91. The maximum absolute atomic E-state index is 12.7. The molecule has 1 unspecified atom stereocenters. The Balaban J connectivity index is 2.15. The Bertz CT molecular complexity index is 532. The van der Waals surface area contributed by atoms with Gasteiger partial charge in [-0.05, 0) is 57.3 Å². The first kappa shape index (κ1) is 15.8. The largest absolute Gasteiger partial charge is 0.507 e. The number of phenols is 1. The van der Waals surface area contributed by atoms with Crippen molar-refractivity contribution in [2.45, 2.75) is 40.5 Å². The number of rotatable bonds is 3. The van der Waals surface area contributed by atoms with Gasteiger partial charge in [0.1, 0.15) is 5.75 Å². The van der Waals surface area contributed by atoms with E-state index in [4.69, 9.17) is 0 Å². The normalized spacial score (nSPS) is 19.3. The number of amides is 1. The van der Waals surface area contributed by atoms with Gasteiger partial charge in [0.25, 0.3) is 0 Å². The molecule has 2 rings (SSSR count). The number of anilines is 1. The van der Waals surface area contributed by atoms with E-state index in [2.05, 4.69) is 10.6 Å². The van der Waals surface area contributed by atoms with Crippen molar-refractivity contribution in [1.29, 1.82) is 0 Å². The number of benzene rings is 1. The monoisotopic (exact) mass is 290 g/mol. The summed E-state index contributed by atoms with van der Waals surface area (Å²) < 4.78 is 0. The lowest BCUT2D eigenvalue weighted by Crippen LogP contribution is -2.44. The van der Waals surface area contributed by atoms with Crippen LogP contribution in [0.5, 0.6) is 5.75 Å². The molecular formula is C17H26N2O2. The molecule has 1 saturated heterocycles. The topological polar surface area (TPSA) is 61.4 Å². The van der Waals surface area contributed by atoms with Crippen LogP contribution < -0.4 is 10.6 Å². The van der Waals surface area contributed by atoms with Gasteiger partial charge in [-0.25, -0.2) is 0 Å². The number of hydrogen-bond acceptors (Lipinski definition) is 3. The third-order valence-electron chi connectivity index (χ3n) is 4.78. The summed E-state index contributed by atoms with van der Waals surface area (Å²) in [5.41, 5.74) is 1.81. The minimum absolute atomic E-state index is 0.0163. The fourth-order valence-corrected chi connectivity index (χ4v) is 2.91. The van der Waals surface area contributed by atoms with Crippen LogP contribution in [0.3, 0.4) is 0 Å². The highest BCUT2D eigenvalue weighted by molar-refractivity contribution is 5.96. The Morgan fingerprint density at radius 1 is 1.38 bits per heavy atom. The van der Waals surface area contributed by atoms with Crippen LogP contribution in [0.1, 0.15) is 37.8 Å². The van der Waals surface area contributed by atoms with E-state index in [0.717, 1.165) is 37.1 Å². The Labute approximate surface area is 126 Å². The van der Waals surface area contributed by atoms with Gasteiger partial charge in [-0.1, -0.05) is 19.9 Å². The van der Waals surface area contributed by atoms with Crippen LogP contribution in [-0.4, -0.2) is 24.1 Å². The standard InChI is InChI=1S/C17H26N2O2/c1-11-7-8-14(12(2)15(11)20)19-16(21)17(3,4)13-6-5-9-18-10-13/h7-8,13,18,20H,5-6,9-10H2,1-4H3,(H,19,21). The molecule has 0 spiro atoms. The minimum atomic E-state index is -0.430. The Hall–Kier alpha value is -1.55. The maximum Gasteiger partial charge on any atom is 0.230 e. The molecule has 1 aliphatic heterocycles. The van der Waals surface area contributed by atoms with E-state index >= 15 is 0 Å². The van der Waals surface area contributed by atoms with Crippen LogP contribution in [0, 0.1) is 25.2 Å². The number of carbonyl (C=O) groups is 1. The number of carbonyl (C=O) groups excluding carboxylic acids is 1. The van der Waals surface area contributed by atoms with Crippen molar-refractivity contribution in [3.63, 3.8) is 0 Å². The predicted molar refractivity (Wildman–Crippen MR) is 85.6 cm³/mol. The van der Waals surface area contributed by atoms with Gasteiger partial charge in [0, 0.05) is 16.7 Å². The first-order chi connectivity index (χ1) is 9.84. The summed E-state index contributed by atoms with van der Waals surface area (Å²) >= 11 is 0. The molecule has 0 radical (unpaired) electrons. The molecule has 1 aliphatic rings. The van der Waals surface area contributed by atoms with E-state index in [1.54, 1.807) is 0 Å². The van der Waals surface area contributed by atoms with Crippen LogP contribution in [0.25, 0.3) is 0 Å². The smallest absolute Gasteiger partial charge is 0.230 e. The summed E-state index contributed by atoms with van der Waals surface area (Å²) in [5, 5.41) is 16.3. The van der Waals surface area contributed by atoms with E-state index in [0.29, 0.717) is 11.6 Å². The Morgan fingerprint density at radius 2 is 2.10 bits per heavy atom. The minimum Gasteiger partial charge on any atom is -0.507 e. The molecule has 0 aliphatic carbocycles. The second-order valence-corrected chi connectivity index (χ2v) is 6.62. The molecule has 0 aromatic heterocycles. The fraction of sp³-hybridized carbons (Fsp3) is 0.588. The Kier molecular flexibility index (Phi) is 4.57. The quantitative estimate of drug-likeness (QED) is 0.802. The highest BCUT2D eigenvalue weighted by Gasteiger charge is 2.37. The second-order valence-electron chi connectivity index (χ2n) is 6.62. The van der Waals surface area contributed by atoms with Crippen LogP contribution in [0.15, 0.2) is 12.1 Å². The van der Waals surface area contributed by atoms with E-state index < -0.39 is 5.41 Å². The van der Waals surface area contributed by atoms with E-state index in [9.17, 15) is 9.90 Å². The van der Waals surface area contributed by atoms with Gasteiger partial charge < -0.3 is 15.7 Å². The summed E-state index contributed by atoms with van der Waals surface area (Å²) in [6.45, 7) is 9.61. The molecule has 1 amide bonds. The van der Waals surface area contributed by atoms with E-state index in [1.165, 1.54) is 0 Å². The second kappa shape index (κ2) is 6.06. The van der Waals surface area contributed by atoms with Gasteiger partial charge in [0.15, 0.2) is 0 Å². The lowest BCUT2D eigenvalue weighted by atomic mass is 9.74. The van der Waals surface area contributed by atoms with Gasteiger partial charge in [-0.2, -0.15) is 0 Å². The molecule has 0 saturated carbocycles. The molecule has 0 bridgehead atoms. The van der Waals surface area contributed by atoms with Crippen LogP contribution in [0.4, 0.5) is 5.69 Å². The zero-order valence-electron chi connectivity index (χ0n) is 13.4. The number of aryl methyl sites for hydroxylation is 1. The SMILES string of the molecule is Cc1ccc(NC(=O)C(C)(C)C2CCCNC2)c(C)c1O. The first-order valence-corrected chi connectivity index (χ1v) is 7.65. The third kappa shape index (κ3) is 3.21. The average Bonchev–Trinajstić information content (AvgIpc) is 2.48. The van der Waals surface area contributed by atoms with Crippen molar-refractivity contribution in [2.75, 3.05) is 18.4 Å². The summed E-state index contributed by atoms with van der Waals surface area (Å²) in [5.74, 6) is 0.609. The van der Waals surface area contributed by atoms with Crippen molar-refractivity contribution in [3.05, 3.63) is 23.3 Å². The third-order valence-corrected chi connectivity index (χ3v) is 4.78. The van der Waals surface area contributed by atoms with E-state index in [-0.39, 0.29) is 11.7 Å². The Morgan fingerprint density at radius 3 is 2.71 bits per heavy atom. The molecule has 1 fully saturated rings. The number of nitrogens with one attached hydrogen (secondary N) is 2. The molecule has 4 nitrogen and oxygen atoms in total.